The number of rotatable bonds is 6. The van der Waals surface area contributed by atoms with Crippen molar-refractivity contribution in [3.8, 4) is 0 Å². The van der Waals surface area contributed by atoms with Crippen LogP contribution in [0.2, 0.25) is 0 Å². The lowest BCUT2D eigenvalue weighted by Gasteiger charge is -2.06. The molecule has 0 aliphatic heterocycles. The highest BCUT2D eigenvalue weighted by molar-refractivity contribution is 5.97. The van der Waals surface area contributed by atoms with Crippen molar-refractivity contribution >= 4 is 11.8 Å². The van der Waals surface area contributed by atoms with Crippen molar-refractivity contribution < 1.29 is 18.7 Å². The molecule has 0 N–H and O–H groups in total. The van der Waals surface area contributed by atoms with Crippen LogP contribution in [0.25, 0.3) is 0 Å². The number of hydrogen-bond acceptors (Lipinski definition) is 4. The van der Waals surface area contributed by atoms with Gasteiger partial charge in [-0.15, -0.1) is 0 Å². The largest absolute Gasteiger partial charge is 0.457 e. The molecule has 6 heteroatoms. The van der Waals surface area contributed by atoms with E-state index >= 15 is 0 Å². The molecule has 0 bridgehead atoms. The number of nitrogens with zero attached hydrogens (tertiary/aromatic N) is 2. The standard InChI is InChI=1S/C16H17FN2O3/c1-11-9-12(2)19(18-11)8-7-16(21)22-10-15(20)13-3-5-14(17)6-4-13/h3-6,9H,7-8,10H2,1-2H3. The molecule has 0 unspecified atom stereocenters. The van der Waals surface area contributed by atoms with E-state index in [0.717, 1.165) is 11.4 Å². The number of Topliss-reactive ketones (excluding diaryl/α,β-unsaturated/α-hetero) is 1. The lowest BCUT2D eigenvalue weighted by molar-refractivity contribution is -0.142. The zero-order chi connectivity index (χ0) is 16.1. The Morgan fingerprint density at radius 2 is 1.91 bits per heavy atom. The molecule has 0 aliphatic carbocycles. The zero-order valence-electron chi connectivity index (χ0n) is 12.5. The monoisotopic (exact) mass is 304 g/mol. The maximum atomic E-state index is 12.8. The number of ether oxygens (including phenoxy) is 1. The fraction of sp³-hybridized carbons (Fsp3) is 0.312. The molecule has 1 aromatic heterocycles. The highest BCUT2D eigenvalue weighted by Crippen LogP contribution is 2.05. The molecule has 0 saturated heterocycles. The van der Waals surface area contributed by atoms with Crippen LogP contribution in [0, 0.1) is 19.7 Å². The number of ketones is 1. The number of carbonyl (C=O) groups excluding carboxylic acids is 2. The van der Waals surface area contributed by atoms with Crippen LogP contribution in [-0.4, -0.2) is 28.1 Å². The second-order valence-corrected chi connectivity index (χ2v) is 4.99. The Hall–Kier alpha value is -2.50. The summed E-state index contributed by atoms with van der Waals surface area (Å²) in [6.07, 6.45) is 0.138. The summed E-state index contributed by atoms with van der Waals surface area (Å²) >= 11 is 0. The van der Waals surface area contributed by atoms with Gasteiger partial charge in [0.2, 0.25) is 0 Å². The van der Waals surface area contributed by atoms with E-state index in [1.807, 2.05) is 19.9 Å². The Morgan fingerprint density at radius 1 is 1.23 bits per heavy atom. The van der Waals surface area contributed by atoms with Gasteiger partial charge in [-0.3, -0.25) is 14.3 Å². The number of esters is 1. The number of halogens is 1. The molecule has 0 amide bonds. The Kier molecular flexibility index (Phi) is 5.04. The van der Waals surface area contributed by atoms with E-state index in [0.29, 0.717) is 12.1 Å². The van der Waals surface area contributed by atoms with Crippen LogP contribution >= 0.6 is 0 Å². The van der Waals surface area contributed by atoms with Crippen LogP contribution in [0.15, 0.2) is 30.3 Å². The maximum absolute atomic E-state index is 12.8. The molecule has 22 heavy (non-hydrogen) atoms. The van der Waals surface area contributed by atoms with Crippen molar-refractivity contribution in [2.45, 2.75) is 26.8 Å². The van der Waals surface area contributed by atoms with Gasteiger partial charge in [-0.05, 0) is 44.2 Å². The van der Waals surface area contributed by atoms with Crippen LogP contribution in [0.3, 0.4) is 0 Å². The van der Waals surface area contributed by atoms with Crippen molar-refractivity contribution in [2.75, 3.05) is 6.61 Å². The lowest BCUT2D eigenvalue weighted by Crippen LogP contribution is -2.16. The summed E-state index contributed by atoms with van der Waals surface area (Å²) in [6.45, 7) is 3.84. The number of carbonyl (C=O) groups is 2. The average Bonchev–Trinajstić information content (AvgIpc) is 2.81. The summed E-state index contributed by atoms with van der Waals surface area (Å²) in [4.78, 5) is 23.4. The van der Waals surface area contributed by atoms with Crippen LogP contribution in [0.5, 0.6) is 0 Å². The first-order chi connectivity index (χ1) is 10.5. The van der Waals surface area contributed by atoms with Gasteiger partial charge in [-0.1, -0.05) is 0 Å². The first-order valence-electron chi connectivity index (χ1n) is 6.91. The second kappa shape index (κ2) is 6.98. The lowest BCUT2D eigenvalue weighted by atomic mass is 10.1. The Balaban J connectivity index is 1.79. The molecule has 1 heterocycles. The third-order valence-electron chi connectivity index (χ3n) is 3.16. The van der Waals surface area contributed by atoms with Crippen molar-refractivity contribution in [3.63, 3.8) is 0 Å². The predicted octanol–water partition coefficient (Wildman–Crippen LogP) is 2.46. The van der Waals surface area contributed by atoms with Gasteiger partial charge in [0.25, 0.3) is 0 Å². The van der Waals surface area contributed by atoms with Crippen LogP contribution in [0.4, 0.5) is 4.39 Å². The summed E-state index contributed by atoms with van der Waals surface area (Å²) < 4.78 is 19.4. The van der Waals surface area contributed by atoms with Gasteiger partial charge < -0.3 is 4.74 Å². The summed E-state index contributed by atoms with van der Waals surface area (Å²) in [5.74, 6) is -1.25. The van der Waals surface area contributed by atoms with E-state index in [9.17, 15) is 14.0 Å². The SMILES string of the molecule is Cc1cc(C)n(CCC(=O)OCC(=O)c2ccc(F)cc2)n1. The summed E-state index contributed by atoms with van der Waals surface area (Å²) in [5, 5.41) is 4.24. The van der Waals surface area contributed by atoms with Crippen LogP contribution in [0.1, 0.15) is 28.2 Å². The fourth-order valence-corrected chi connectivity index (χ4v) is 2.04. The molecular weight excluding hydrogens is 287 g/mol. The number of aryl methyl sites for hydroxylation is 3. The minimum Gasteiger partial charge on any atom is -0.457 e. The van der Waals surface area contributed by atoms with Gasteiger partial charge in [0.05, 0.1) is 18.7 Å². The van der Waals surface area contributed by atoms with Gasteiger partial charge in [0.1, 0.15) is 5.82 Å². The van der Waals surface area contributed by atoms with E-state index in [4.69, 9.17) is 4.74 Å². The molecule has 1 aromatic carbocycles. The van der Waals surface area contributed by atoms with Gasteiger partial charge in [0, 0.05) is 11.3 Å². The van der Waals surface area contributed by atoms with Gasteiger partial charge in [0.15, 0.2) is 12.4 Å². The van der Waals surface area contributed by atoms with E-state index in [1.165, 1.54) is 24.3 Å². The van der Waals surface area contributed by atoms with Gasteiger partial charge in [-0.25, -0.2) is 4.39 Å². The highest BCUT2D eigenvalue weighted by Gasteiger charge is 2.11. The van der Waals surface area contributed by atoms with Crippen LogP contribution < -0.4 is 0 Å². The number of benzene rings is 1. The smallest absolute Gasteiger partial charge is 0.308 e. The molecule has 0 atom stereocenters. The van der Waals surface area contributed by atoms with Crippen LogP contribution in [-0.2, 0) is 16.1 Å². The third-order valence-corrected chi connectivity index (χ3v) is 3.16. The molecule has 0 saturated carbocycles. The molecule has 116 valence electrons. The summed E-state index contributed by atoms with van der Waals surface area (Å²) in [7, 11) is 0. The zero-order valence-corrected chi connectivity index (χ0v) is 12.5. The number of hydrogen-bond donors (Lipinski definition) is 0. The van der Waals surface area contributed by atoms with Crippen molar-refractivity contribution in [2.24, 2.45) is 0 Å². The second-order valence-electron chi connectivity index (χ2n) is 4.99. The van der Waals surface area contributed by atoms with Gasteiger partial charge in [-0.2, -0.15) is 5.10 Å². The normalized spacial score (nSPS) is 10.5. The van der Waals surface area contributed by atoms with Crippen molar-refractivity contribution in [1.82, 2.24) is 9.78 Å². The van der Waals surface area contributed by atoms with E-state index in [-0.39, 0.29) is 18.8 Å². The average molecular weight is 304 g/mol. The van der Waals surface area contributed by atoms with E-state index < -0.39 is 11.8 Å². The molecular formula is C16H17FN2O3. The Labute approximate surface area is 127 Å². The molecule has 2 rings (SSSR count). The fourth-order valence-electron chi connectivity index (χ4n) is 2.04. The third kappa shape index (κ3) is 4.25. The summed E-state index contributed by atoms with van der Waals surface area (Å²) in [6, 6.07) is 7.03. The van der Waals surface area contributed by atoms with Crippen molar-refractivity contribution in [1.29, 1.82) is 0 Å². The van der Waals surface area contributed by atoms with Gasteiger partial charge >= 0.3 is 5.97 Å². The first-order valence-corrected chi connectivity index (χ1v) is 6.91. The molecule has 0 fully saturated rings. The maximum Gasteiger partial charge on any atom is 0.308 e. The molecule has 0 radical (unpaired) electrons. The molecule has 0 aliphatic rings. The minimum absolute atomic E-state index is 0.138. The quantitative estimate of drug-likeness (QED) is 0.607. The topological polar surface area (TPSA) is 61.2 Å². The summed E-state index contributed by atoms with van der Waals surface area (Å²) in [5.41, 5.74) is 2.16. The molecule has 0 spiro atoms. The van der Waals surface area contributed by atoms with E-state index in [1.54, 1.807) is 4.68 Å². The van der Waals surface area contributed by atoms with Crippen molar-refractivity contribution in [3.05, 3.63) is 53.1 Å². The Morgan fingerprint density at radius 3 is 2.50 bits per heavy atom. The molecule has 2 aromatic rings. The highest BCUT2D eigenvalue weighted by atomic mass is 19.1. The minimum atomic E-state index is -0.469. The number of aromatic nitrogens is 2. The predicted molar refractivity (Wildman–Crippen MR) is 78.0 cm³/mol. The van der Waals surface area contributed by atoms with E-state index in [2.05, 4.69) is 5.10 Å². The first kappa shape index (κ1) is 15.9. The Bertz CT molecular complexity index is 677. The molecule has 5 nitrogen and oxygen atoms in total.